The molecule has 0 aromatic heterocycles. The molecule has 6 atom stereocenters. The number of hydrogen-bond acceptors (Lipinski definition) is 15. The number of alkyl carbamates (subject to hydrolysis) is 1. The van der Waals surface area contributed by atoms with E-state index >= 15 is 0 Å². The molecule has 1 fully saturated rings. The van der Waals surface area contributed by atoms with Gasteiger partial charge in [-0.3, -0.25) is 14.4 Å². The van der Waals surface area contributed by atoms with E-state index in [-0.39, 0.29) is 46.9 Å². The van der Waals surface area contributed by atoms with E-state index in [0.29, 0.717) is 12.2 Å². The summed E-state index contributed by atoms with van der Waals surface area (Å²) in [6, 6.07) is 18.8. The smallest absolute Gasteiger partial charge is 0.407 e. The number of phenols is 2. The van der Waals surface area contributed by atoms with Gasteiger partial charge in [0, 0.05) is 54.0 Å². The topological polar surface area (TPSA) is 262 Å². The largest absolute Gasteiger partial charge is 0.507 e. The third-order valence-electron chi connectivity index (χ3n) is 12.0. The van der Waals surface area contributed by atoms with Gasteiger partial charge in [0.2, 0.25) is 11.6 Å². The molecule has 17 heteroatoms. The minimum Gasteiger partial charge on any atom is -0.507 e. The first-order valence-electron chi connectivity index (χ1n) is 19.9. The van der Waals surface area contributed by atoms with Crippen LogP contribution >= 0.6 is 0 Å². The number of aliphatic hydroxyl groups is 2. The highest BCUT2D eigenvalue weighted by molar-refractivity contribution is 6.31. The number of methoxy groups -OCH3 is 1. The van der Waals surface area contributed by atoms with Crippen LogP contribution in [0.3, 0.4) is 0 Å². The maximum absolute atomic E-state index is 14.1. The first kappa shape index (κ1) is 42.8. The zero-order chi connectivity index (χ0) is 44.9. The van der Waals surface area contributed by atoms with E-state index in [1.807, 2.05) is 48.5 Å². The number of ketones is 3. The number of rotatable bonds is 11. The molecular formula is C46H41NO16. The molecule has 1 aliphatic heterocycles. The number of carboxylic acids is 1. The Morgan fingerprint density at radius 2 is 1.51 bits per heavy atom. The van der Waals surface area contributed by atoms with Gasteiger partial charge in [-0.2, -0.15) is 0 Å². The Morgan fingerprint density at radius 3 is 2.17 bits per heavy atom. The molecule has 63 heavy (non-hydrogen) atoms. The number of carboxylic acid groups (broad SMARTS) is 1. The summed E-state index contributed by atoms with van der Waals surface area (Å²) >= 11 is 0. The zero-order valence-corrected chi connectivity index (χ0v) is 33.7. The van der Waals surface area contributed by atoms with Crippen LogP contribution in [0.15, 0.2) is 78.9 Å². The van der Waals surface area contributed by atoms with Crippen LogP contribution in [-0.4, -0.2) is 111 Å². The molecule has 0 radical (unpaired) electrons. The molecule has 1 unspecified atom stereocenters. The normalized spacial score (nSPS) is 23.5. The van der Waals surface area contributed by atoms with Crippen molar-refractivity contribution in [2.45, 2.75) is 68.3 Å². The van der Waals surface area contributed by atoms with Crippen LogP contribution in [0.4, 0.5) is 4.79 Å². The van der Waals surface area contributed by atoms with E-state index < -0.39 is 114 Å². The van der Waals surface area contributed by atoms with Crippen LogP contribution in [0.1, 0.15) is 85.9 Å². The van der Waals surface area contributed by atoms with Crippen LogP contribution in [0.5, 0.6) is 17.2 Å². The summed E-state index contributed by atoms with van der Waals surface area (Å²) in [4.78, 5) is 78.1. The fourth-order valence-corrected chi connectivity index (χ4v) is 8.96. The number of fused-ring (bicyclic) bond motifs is 6. The Labute approximate surface area is 358 Å². The SMILES string of the molecule is COc1cccc2c1C(=O)c1c(O)c3c(c(O)c1C2=O)C[C@@](O)(C(=O)COC(=O)/C=C\C(=O)O)C[C@@H]3OC1C[C@H](NC(=O)OCC2c3ccccc3-c3ccccc32)[C@H](O)[C@H](C)O1. The summed E-state index contributed by atoms with van der Waals surface area (Å²) in [7, 11) is 1.28. The van der Waals surface area contributed by atoms with Gasteiger partial charge in [0.25, 0.3) is 0 Å². The average molecular weight is 864 g/mol. The highest BCUT2D eigenvalue weighted by atomic mass is 16.7. The first-order valence-corrected chi connectivity index (χ1v) is 19.9. The van der Waals surface area contributed by atoms with Crippen LogP contribution < -0.4 is 10.1 Å². The molecule has 1 saturated heterocycles. The second-order valence-electron chi connectivity index (χ2n) is 15.7. The fourth-order valence-electron chi connectivity index (χ4n) is 8.96. The van der Waals surface area contributed by atoms with Gasteiger partial charge in [0.1, 0.15) is 35.6 Å². The number of carbonyl (C=O) groups is 6. The number of aromatic hydroxyl groups is 2. The monoisotopic (exact) mass is 863 g/mol. The Balaban J connectivity index is 1.08. The van der Waals surface area contributed by atoms with E-state index in [9.17, 15) is 49.2 Å². The summed E-state index contributed by atoms with van der Waals surface area (Å²) < 4.78 is 28.2. The van der Waals surface area contributed by atoms with E-state index in [2.05, 4.69) is 5.32 Å². The number of carbonyl (C=O) groups excluding carboxylic acids is 5. The van der Waals surface area contributed by atoms with Crippen molar-refractivity contribution in [1.82, 2.24) is 5.32 Å². The summed E-state index contributed by atoms with van der Waals surface area (Å²) in [5, 5.41) is 58.4. The maximum Gasteiger partial charge on any atom is 0.407 e. The van der Waals surface area contributed by atoms with Gasteiger partial charge < -0.3 is 54.5 Å². The molecule has 326 valence electrons. The van der Waals surface area contributed by atoms with Gasteiger partial charge in [0.15, 0.2) is 18.7 Å². The lowest BCUT2D eigenvalue weighted by atomic mass is 9.72. The van der Waals surface area contributed by atoms with Crippen molar-refractivity contribution in [3.8, 4) is 28.4 Å². The Morgan fingerprint density at radius 1 is 0.857 bits per heavy atom. The van der Waals surface area contributed by atoms with Crippen LogP contribution in [0.2, 0.25) is 0 Å². The number of phenolic OH excluding ortho intramolecular Hbond substituents is 2. The second-order valence-corrected chi connectivity index (χ2v) is 15.7. The Hall–Kier alpha value is -6.92. The number of amides is 1. The number of aliphatic hydroxyl groups excluding tert-OH is 1. The van der Waals surface area contributed by atoms with Gasteiger partial charge in [-0.1, -0.05) is 60.7 Å². The van der Waals surface area contributed by atoms with Crippen molar-refractivity contribution >= 4 is 35.4 Å². The van der Waals surface area contributed by atoms with Crippen molar-refractivity contribution in [2.24, 2.45) is 0 Å². The molecule has 0 spiro atoms. The molecular weight excluding hydrogens is 822 g/mol. The number of hydrogen-bond donors (Lipinski definition) is 6. The highest BCUT2D eigenvalue weighted by Crippen LogP contribution is 2.53. The summed E-state index contributed by atoms with van der Waals surface area (Å²) in [5.74, 6) is -7.41. The molecule has 17 nitrogen and oxygen atoms in total. The van der Waals surface area contributed by atoms with Gasteiger partial charge in [-0.15, -0.1) is 0 Å². The minimum absolute atomic E-state index is 0.0179. The summed E-state index contributed by atoms with van der Waals surface area (Å²) in [6.45, 7) is 0.415. The molecule has 0 saturated carbocycles. The summed E-state index contributed by atoms with van der Waals surface area (Å²) in [5.41, 5.74) is -0.611. The third-order valence-corrected chi connectivity index (χ3v) is 12.0. The lowest BCUT2D eigenvalue weighted by Crippen LogP contribution is -2.56. The second kappa shape index (κ2) is 16.7. The molecule has 1 amide bonds. The van der Waals surface area contributed by atoms with Gasteiger partial charge >= 0.3 is 18.0 Å². The number of esters is 1. The number of ether oxygens (including phenoxy) is 5. The van der Waals surface area contributed by atoms with E-state index in [4.69, 9.17) is 28.8 Å². The average Bonchev–Trinajstić information content (AvgIpc) is 3.58. The quantitative estimate of drug-likeness (QED) is 0.0627. The number of nitrogens with one attached hydrogen (secondary N) is 1. The fraction of sp³-hybridized carbons (Fsp3) is 0.304. The van der Waals surface area contributed by atoms with Gasteiger partial charge in [0.05, 0.1) is 42.0 Å². The molecule has 4 aromatic carbocycles. The van der Waals surface area contributed by atoms with Crippen LogP contribution in [0.25, 0.3) is 11.1 Å². The van der Waals surface area contributed by atoms with Crippen LogP contribution in [-0.2, 0) is 39.8 Å². The molecule has 8 rings (SSSR count). The molecule has 6 N–H and O–H groups in total. The van der Waals surface area contributed by atoms with E-state index in [1.54, 1.807) is 0 Å². The maximum atomic E-state index is 14.1. The third kappa shape index (κ3) is 7.69. The van der Waals surface area contributed by atoms with Crippen molar-refractivity contribution < 1.29 is 78.0 Å². The lowest BCUT2D eigenvalue weighted by molar-refractivity contribution is -0.249. The zero-order valence-electron chi connectivity index (χ0n) is 33.7. The van der Waals surface area contributed by atoms with E-state index in [1.165, 1.54) is 32.2 Å². The van der Waals surface area contributed by atoms with Gasteiger partial charge in [-0.05, 0) is 35.2 Å². The number of benzene rings is 4. The number of Topliss-reactive ketones (excluding diaryl/α,β-unsaturated/α-hetero) is 1. The predicted octanol–water partition coefficient (Wildman–Crippen LogP) is 3.77. The van der Waals surface area contributed by atoms with E-state index in [0.717, 1.165) is 22.3 Å². The molecule has 3 aliphatic carbocycles. The van der Waals surface area contributed by atoms with Crippen molar-refractivity contribution in [3.05, 3.63) is 123 Å². The van der Waals surface area contributed by atoms with Crippen molar-refractivity contribution in [2.75, 3.05) is 20.3 Å². The minimum atomic E-state index is -2.53. The molecule has 4 aliphatic rings. The first-order chi connectivity index (χ1) is 30.1. The molecule has 1 heterocycles. The van der Waals surface area contributed by atoms with Gasteiger partial charge in [-0.25, -0.2) is 14.4 Å². The molecule has 4 aromatic rings. The number of aliphatic carboxylic acids is 1. The van der Waals surface area contributed by atoms with Crippen molar-refractivity contribution in [1.29, 1.82) is 0 Å². The molecule has 0 bridgehead atoms. The van der Waals surface area contributed by atoms with Crippen LogP contribution in [0, 0.1) is 0 Å². The van der Waals surface area contributed by atoms with Crippen molar-refractivity contribution in [3.63, 3.8) is 0 Å². The Bertz CT molecular complexity index is 2570. The predicted molar refractivity (Wildman–Crippen MR) is 216 cm³/mol. The Kier molecular flexibility index (Phi) is 11.4. The standard InChI is InChI=1S/C46H41NO16/c1-21-40(52)29(47-45(57)61-19-28-24-10-5-3-8-22(24)23-9-4-6-11-25(23)28)16-35(62-21)63-31-18-46(58,32(48)20-60-34(51)15-14-33(49)50)17-27-37(31)44(56)39-38(42(27)54)41(53)26-12-7-13-30(59-2)36(26)43(39)55/h3-15,21,28-29,31,35,40,52,54,56,58H,16-20H2,1-2H3,(H,47,57)(H,49,50)/b15-14-/t21-,29-,31-,35?,40+,46-/m0/s1. The summed E-state index contributed by atoms with van der Waals surface area (Å²) in [6.07, 6.45) is -6.77. The lowest BCUT2D eigenvalue weighted by Gasteiger charge is -2.42. The highest BCUT2D eigenvalue weighted by Gasteiger charge is 2.51.